The molecule has 0 aliphatic rings. The van der Waals surface area contributed by atoms with Crippen molar-refractivity contribution in [3.63, 3.8) is 0 Å². The van der Waals surface area contributed by atoms with Crippen LogP contribution < -0.4 is 15.4 Å². The summed E-state index contributed by atoms with van der Waals surface area (Å²) in [6.07, 6.45) is 4.09. The minimum atomic E-state index is -3.38. The van der Waals surface area contributed by atoms with E-state index in [-0.39, 0.29) is 11.8 Å². The van der Waals surface area contributed by atoms with Crippen LogP contribution in [0.1, 0.15) is 20.7 Å². The highest BCUT2D eigenvalue weighted by Gasteiger charge is 2.09. The third-order valence-corrected chi connectivity index (χ3v) is 4.36. The van der Waals surface area contributed by atoms with E-state index in [4.69, 9.17) is 0 Å². The molecule has 1 heterocycles. The van der Waals surface area contributed by atoms with Gasteiger partial charge >= 0.3 is 0 Å². The number of hydrogen-bond acceptors (Lipinski definition) is 5. The van der Waals surface area contributed by atoms with Crippen molar-refractivity contribution < 1.29 is 18.0 Å². The maximum absolute atomic E-state index is 12.4. The van der Waals surface area contributed by atoms with Gasteiger partial charge in [-0.25, -0.2) is 8.42 Å². The first-order valence-electron chi connectivity index (χ1n) is 8.51. The van der Waals surface area contributed by atoms with E-state index < -0.39 is 10.0 Å². The molecule has 3 aromatic rings. The van der Waals surface area contributed by atoms with Gasteiger partial charge in [0, 0.05) is 35.0 Å². The van der Waals surface area contributed by atoms with E-state index in [1.807, 2.05) is 0 Å². The molecule has 0 saturated heterocycles. The van der Waals surface area contributed by atoms with Crippen molar-refractivity contribution in [1.29, 1.82) is 0 Å². The van der Waals surface area contributed by atoms with Crippen LogP contribution in [-0.4, -0.2) is 31.5 Å². The number of nitrogens with one attached hydrogen (secondary N) is 3. The highest BCUT2D eigenvalue weighted by Crippen LogP contribution is 2.18. The number of benzene rings is 2. The summed E-state index contributed by atoms with van der Waals surface area (Å²) in [5, 5.41) is 5.48. The number of carbonyl (C=O) groups excluding carboxylic acids is 2. The zero-order valence-electron chi connectivity index (χ0n) is 15.4. The zero-order chi connectivity index (χ0) is 20.9. The Bertz CT molecular complexity index is 1130. The Morgan fingerprint density at radius 3 is 1.97 bits per heavy atom. The van der Waals surface area contributed by atoms with Crippen LogP contribution in [0.25, 0.3) is 0 Å². The molecule has 2 aromatic carbocycles. The number of carbonyl (C=O) groups is 2. The summed E-state index contributed by atoms with van der Waals surface area (Å²) in [6.45, 7) is 0. The van der Waals surface area contributed by atoms with E-state index in [9.17, 15) is 18.0 Å². The van der Waals surface area contributed by atoms with Crippen molar-refractivity contribution in [2.24, 2.45) is 0 Å². The zero-order valence-corrected chi connectivity index (χ0v) is 16.2. The smallest absolute Gasteiger partial charge is 0.257 e. The summed E-state index contributed by atoms with van der Waals surface area (Å²) in [5.74, 6) is -0.679. The lowest BCUT2D eigenvalue weighted by Crippen LogP contribution is -2.14. The van der Waals surface area contributed by atoms with E-state index >= 15 is 0 Å². The molecule has 0 aliphatic carbocycles. The molecule has 0 atom stereocenters. The summed E-state index contributed by atoms with van der Waals surface area (Å²) in [5.41, 5.74) is 2.16. The van der Waals surface area contributed by atoms with E-state index in [2.05, 4.69) is 20.3 Å². The summed E-state index contributed by atoms with van der Waals surface area (Å²) in [7, 11) is -3.38. The molecule has 9 heteroatoms. The van der Waals surface area contributed by atoms with E-state index in [1.165, 1.54) is 30.5 Å². The molecule has 148 valence electrons. The molecule has 0 spiro atoms. The molecule has 0 bridgehead atoms. The second kappa shape index (κ2) is 8.53. The van der Waals surface area contributed by atoms with Crippen molar-refractivity contribution in [1.82, 2.24) is 4.98 Å². The van der Waals surface area contributed by atoms with Crippen LogP contribution in [0.3, 0.4) is 0 Å². The Labute approximate surface area is 168 Å². The number of aromatic nitrogens is 1. The molecular formula is C20H18N4O4S. The van der Waals surface area contributed by atoms with Gasteiger partial charge in [0.15, 0.2) is 0 Å². The van der Waals surface area contributed by atoms with Gasteiger partial charge in [-0.05, 0) is 54.6 Å². The molecule has 0 fully saturated rings. The predicted octanol–water partition coefficient (Wildman–Crippen LogP) is 2.96. The third-order valence-electron chi connectivity index (χ3n) is 3.75. The average Bonchev–Trinajstić information content (AvgIpc) is 2.68. The first kappa shape index (κ1) is 20.0. The molecule has 0 radical (unpaired) electrons. The number of rotatable bonds is 6. The predicted molar refractivity (Wildman–Crippen MR) is 111 cm³/mol. The minimum absolute atomic E-state index is 0.310. The number of hydrogen-bond donors (Lipinski definition) is 3. The SMILES string of the molecule is CS(=O)(=O)Nc1ccc(C(=O)Nc2cccc(NC(=O)c3cccnc3)c2)cc1. The quantitative estimate of drug-likeness (QED) is 0.578. The standard InChI is InChI=1S/C20H18N4O4S/c1-29(27,28)24-16-9-7-14(8-10-16)19(25)22-17-5-2-6-18(12-17)23-20(26)15-4-3-11-21-13-15/h2-13,24H,1H3,(H,22,25)(H,23,26). The summed E-state index contributed by atoms with van der Waals surface area (Å²) in [4.78, 5) is 28.5. The van der Waals surface area contributed by atoms with Gasteiger partial charge in [0.1, 0.15) is 0 Å². The van der Waals surface area contributed by atoms with Crippen LogP contribution in [0.2, 0.25) is 0 Å². The highest BCUT2D eigenvalue weighted by atomic mass is 32.2. The van der Waals surface area contributed by atoms with E-state index in [0.717, 1.165) is 6.26 Å². The van der Waals surface area contributed by atoms with Crippen LogP contribution in [0.15, 0.2) is 73.1 Å². The summed E-state index contributed by atoms with van der Waals surface area (Å²) < 4.78 is 24.8. The lowest BCUT2D eigenvalue weighted by molar-refractivity contribution is 0.101. The Kier molecular flexibility index (Phi) is 5.89. The van der Waals surface area contributed by atoms with Crippen molar-refractivity contribution in [3.8, 4) is 0 Å². The molecule has 0 unspecified atom stereocenters. The number of sulfonamides is 1. The van der Waals surface area contributed by atoms with Crippen LogP contribution >= 0.6 is 0 Å². The Morgan fingerprint density at radius 2 is 1.41 bits per heavy atom. The Morgan fingerprint density at radius 1 is 0.793 bits per heavy atom. The number of nitrogens with zero attached hydrogens (tertiary/aromatic N) is 1. The highest BCUT2D eigenvalue weighted by molar-refractivity contribution is 7.92. The normalized spacial score (nSPS) is 10.8. The topological polar surface area (TPSA) is 117 Å². The fourth-order valence-electron chi connectivity index (χ4n) is 2.48. The van der Waals surface area contributed by atoms with Gasteiger partial charge in [0.25, 0.3) is 11.8 Å². The first-order valence-corrected chi connectivity index (χ1v) is 10.4. The number of pyridine rings is 1. The molecular weight excluding hydrogens is 392 g/mol. The Balaban J connectivity index is 1.66. The first-order chi connectivity index (χ1) is 13.8. The van der Waals surface area contributed by atoms with Gasteiger partial charge in [-0.2, -0.15) is 0 Å². The van der Waals surface area contributed by atoms with Crippen LogP contribution in [0.5, 0.6) is 0 Å². The van der Waals surface area contributed by atoms with E-state index in [0.29, 0.717) is 28.2 Å². The summed E-state index contributed by atoms with van der Waals surface area (Å²) in [6, 6.07) is 16.1. The number of anilines is 3. The second-order valence-electron chi connectivity index (χ2n) is 6.18. The molecule has 0 saturated carbocycles. The largest absolute Gasteiger partial charge is 0.322 e. The van der Waals surface area contributed by atoms with Gasteiger partial charge in [-0.15, -0.1) is 0 Å². The molecule has 1 aromatic heterocycles. The average molecular weight is 410 g/mol. The maximum Gasteiger partial charge on any atom is 0.257 e. The fourth-order valence-corrected chi connectivity index (χ4v) is 3.05. The minimum Gasteiger partial charge on any atom is -0.322 e. The second-order valence-corrected chi connectivity index (χ2v) is 7.93. The molecule has 29 heavy (non-hydrogen) atoms. The van der Waals surface area contributed by atoms with Crippen LogP contribution in [0.4, 0.5) is 17.1 Å². The van der Waals surface area contributed by atoms with Gasteiger partial charge in [-0.1, -0.05) is 6.07 Å². The maximum atomic E-state index is 12.4. The van der Waals surface area contributed by atoms with Crippen LogP contribution in [-0.2, 0) is 10.0 Å². The molecule has 8 nitrogen and oxygen atoms in total. The third kappa shape index (κ3) is 5.88. The molecule has 3 N–H and O–H groups in total. The Hall–Kier alpha value is -3.72. The van der Waals surface area contributed by atoms with Gasteiger partial charge in [0.05, 0.1) is 11.8 Å². The van der Waals surface area contributed by atoms with Crippen molar-refractivity contribution in [2.45, 2.75) is 0 Å². The monoisotopic (exact) mass is 410 g/mol. The fraction of sp³-hybridized carbons (Fsp3) is 0.0500. The molecule has 0 aliphatic heterocycles. The molecule has 2 amide bonds. The van der Waals surface area contributed by atoms with Gasteiger partial charge in [0.2, 0.25) is 10.0 Å². The lowest BCUT2D eigenvalue weighted by atomic mass is 10.2. The summed E-state index contributed by atoms with van der Waals surface area (Å²) >= 11 is 0. The van der Waals surface area contributed by atoms with E-state index in [1.54, 1.807) is 42.6 Å². The van der Waals surface area contributed by atoms with Crippen molar-refractivity contribution in [3.05, 3.63) is 84.2 Å². The van der Waals surface area contributed by atoms with Crippen LogP contribution in [0, 0.1) is 0 Å². The van der Waals surface area contributed by atoms with Gasteiger partial charge in [-0.3, -0.25) is 19.3 Å². The lowest BCUT2D eigenvalue weighted by Gasteiger charge is -2.09. The van der Waals surface area contributed by atoms with Crippen molar-refractivity contribution >= 4 is 38.9 Å². The molecule has 3 rings (SSSR count). The number of amides is 2. The van der Waals surface area contributed by atoms with Gasteiger partial charge < -0.3 is 10.6 Å². The van der Waals surface area contributed by atoms with Crippen molar-refractivity contribution in [2.75, 3.05) is 21.6 Å².